The average molecular weight is 332 g/mol. The highest BCUT2D eigenvalue weighted by atomic mass is 19.4. The van der Waals surface area contributed by atoms with Crippen LogP contribution in [0.1, 0.15) is 36.4 Å². The van der Waals surface area contributed by atoms with Crippen LogP contribution in [0.15, 0.2) is 12.1 Å². The average Bonchev–Trinajstić information content (AvgIpc) is 3.32. The van der Waals surface area contributed by atoms with Gasteiger partial charge >= 0.3 is 6.18 Å². The molecule has 0 bridgehead atoms. The van der Waals surface area contributed by atoms with Crippen molar-refractivity contribution in [3.8, 4) is 5.75 Å². The summed E-state index contributed by atoms with van der Waals surface area (Å²) >= 11 is 0. The van der Waals surface area contributed by atoms with E-state index in [4.69, 9.17) is 0 Å². The Hall–Kier alpha value is -1.34. The van der Waals surface area contributed by atoms with E-state index in [1.54, 1.807) is 0 Å². The molecule has 7 heteroatoms. The number of phenols is 1. The lowest BCUT2D eigenvalue weighted by Crippen LogP contribution is -2.45. The normalized spacial score (nSPS) is 21.4. The molecule has 2 aliphatic rings. The van der Waals surface area contributed by atoms with Crippen molar-refractivity contribution in [2.24, 2.45) is 5.92 Å². The lowest BCUT2D eigenvalue weighted by molar-refractivity contribution is -0.139. The van der Waals surface area contributed by atoms with E-state index in [-0.39, 0.29) is 5.56 Å². The van der Waals surface area contributed by atoms with Crippen molar-refractivity contribution in [3.63, 3.8) is 0 Å². The third-order valence-electron chi connectivity index (χ3n) is 4.65. The molecule has 2 N–H and O–H groups in total. The standard InChI is InChI=1S/C16H20F4N2O/c17-12-4-3-11(16(18,19)20)14(15(12)23)13(9-10-1-2-10)22-7-5-21-6-8-22/h3-4,10,13,21,23H,1-2,5-9H2/t13-/m1/s1. The van der Waals surface area contributed by atoms with E-state index in [1.165, 1.54) is 0 Å². The van der Waals surface area contributed by atoms with Crippen LogP contribution in [0.2, 0.25) is 0 Å². The number of halogens is 4. The summed E-state index contributed by atoms with van der Waals surface area (Å²) in [6.07, 6.45) is -2.11. The van der Waals surface area contributed by atoms with Crippen molar-refractivity contribution in [3.05, 3.63) is 29.1 Å². The summed E-state index contributed by atoms with van der Waals surface area (Å²) in [5.74, 6) is -1.49. The number of hydrogen-bond acceptors (Lipinski definition) is 3. The van der Waals surface area contributed by atoms with Crippen molar-refractivity contribution in [1.29, 1.82) is 0 Å². The van der Waals surface area contributed by atoms with Gasteiger partial charge in [-0.3, -0.25) is 4.90 Å². The van der Waals surface area contributed by atoms with Gasteiger partial charge in [-0.25, -0.2) is 4.39 Å². The van der Waals surface area contributed by atoms with Gasteiger partial charge in [0.05, 0.1) is 5.56 Å². The molecule has 2 fully saturated rings. The monoisotopic (exact) mass is 332 g/mol. The second kappa shape index (κ2) is 6.28. The minimum Gasteiger partial charge on any atom is -0.505 e. The van der Waals surface area contributed by atoms with Gasteiger partial charge < -0.3 is 10.4 Å². The van der Waals surface area contributed by atoms with Gasteiger partial charge in [0.25, 0.3) is 0 Å². The van der Waals surface area contributed by atoms with Gasteiger partial charge in [0.15, 0.2) is 11.6 Å². The number of hydrogen-bond donors (Lipinski definition) is 2. The molecule has 0 aromatic heterocycles. The second-order valence-corrected chi connectivity index (χ2v) is 6.34. The van der Waals surface area contributed by atoms with Gasteiger partial charge in [-0.2, -0.15) is 13.2 Å². The Morgan fingerprint density at radius 2 is 1.87 bits per heavy atom. The Morgan fingerprint density at radius 3 is 2.43 bits per heavy atom. The van der Waals surface area contributed by atoms with Crippen LogP contribution in [0.5, 0.6) is 5.75 Å². The van der Waals surface area contributed by atoms with Crippen LogP contribution in [0.4, 0.5) is 17.6 Å². The van der Waals surface area contributed by atoms with Gasteiger partial charge in [0.2, 0.25) is 0 Å². The fraction of sp³-hybridized carbons (Fsp3) is 0.625. The molecule has 1 aliphatic heterocycles. The first-order chi connectivity index (χ1) is 10.9. The van der Waals surface area contributed by atoms with Crippen LogP contribution in [0, 0.1) is 11.7 Å². The largest absolute Gasteiger partial charge is 0.505 e. The van der Waals surface area contributed by atoms with Crippen LogP contribution < -0.4 is 5.32 Å². The summed E-state index contributed by atoms with van der Waals surface area (Å²) in [4.78, 5) is 1.93. The third-order valence-corrected chi connectivity index (χ3v) is 4.65. The first-order valence-electron chi connectivity index (χ1n) is 7.91. The van der Waals surface area contributed by atoms with E-state index in [0.717, 1.165) is 18.9 Å². The second-order valence-electron chi connectivity index (χ2n) is 6.34. The van der Waals surface area contributed by atoms with Gasteiger partial charge in [0, 0.05) is 37.8 Å². The number of piperazine rings is 1. The number of nitrogens with zero attached hydrogens (tertiary/aromatic N) is 1. The molecule has 0 amide bonds. The van der Waals surface area contributed by atoms with Crippen molar-refractivity contribution < 1.29 is 22.7 Å². The van der Waals surface area contributed by atoms with Crippen molar-refractivity contribution in [2.45, 2.75) is 31.5 Å². The molecule has 3 nitrogen and oxygen atoms in total. The lowest BCUT2D eigenvalue weighted by Gasteiger charge is -2.36. The number of aromatic hydroxyl groups is 1. The molecule has 1 heterocycles. The maximum absolute atomic E-state index is 13.8. The van der Waals surface area contributed by atoms with Crippen molar-refractivity contribution >= 4 is 0 Å². The predicted octanol–water partition coefficient (Wildman–Crippen LogP) is 3.30. The Bertz CT molecular complexity index is 566. The highest BCUT2D eigenvalue weighted by Gasteiger charge is 2.41. The summed E-state index contributed by atoms with van der Waals surface area (Å²) in [5.41, 5.74) is -1.23. The Labute approximate surface area is 132 Å². The highest BCUT2D eigenvalue weighted by Crippen LogP contribution is 2.47. The van der Waals surface area contributed by atoms with Crippen LogP contribution in [-0.4, -0.2) is 36.2 Å². The molecular formula is C16H20F4N2O. The molecule has 0 spiro atoms. The summed E-state index contributed by atoms with van der Waals surface area (Å²) in [6.45, 7) is 2.53. The quantitative estimate of drug-likeness (QED) is 0.831. The molecule has 1 saturated carbocycles. The fourth-order valence-electron chi connectivity index (χ4n) is 3.28. The number of nitrogens with one attached hydrogen (secondary N) is 1. The maximum atomic E-state index is 13.8. The molecule has 23 heavy (non-hydrogen) atoms. The predicted molar refractivity (Wildman–Crippen MR) is 77.6 cm³/mol. The first kappa shape index (κ1) is 16.5. The van der Waals surface area contributed by atoms with E-state index in [2.05, 4.69) is 5.32 Å². The molecule has 1 aromatic rings. The van der Waals surface area contributed by atoms with Crippen LogP contribution in [0.25, 0.3) is 0 Å². The summed E-state index contributed by atoms with van der Waals surface area (Å²) in [7, 11) is 0. The number of rotatable bonds is 4. The van der Waals surface area contributed by atoms with E-state index in [9.17, 15) is 22.7 Å². The van der Waals surface area contributed by atoms with Gasteiger partial charge in [-0.05, 0) is 24.5 Å². The molecule has 128 valence electrons. The highest BCUT2D eigenvalue weighted by molar-refractivity contribution is 5.44. The Kier molecular flexibility index (Phi) is 4.51. The summed E-state index contributed by atoms with van der Waals surface area (Å²) < 4.78 is 53.9. The smallest absolute Gasteiger partial charge is 0.416 e. The minimum atomic E-state index is -4.61. The van der Waals surface area contributed by atoms with Gasteiger partial charge in [-0.1, -0.05) is 12.8 Å². The van der Waals surface area contributed by atoms with Crippen LogP contribution in [0.3, 0.4) is 0 Å². The van der Waals surface area contributed by atoms with E-state index >= 15 is 0 Å². The Morgan fingerprint density at radius 1 is 1.22 bits per heavy atom. The van der Waals surface area contributed by atoms with Crippen molar-refractivity contribution in [1.82, 2.24) is 10.2 Å². The Balaban J connectivity index is 2.04. The van der Waals surface area contributed by atoms with Crippen molar-refractivity contribution in [2.75, 3.05) is 26.2 Å². The van der Waals surface area contributed by atoms with Gasteiger partial charge in [0.1, 0.15) is 0 Å². The third kappa shape index (κ3) is 3.61. The molecule has 1 aromatic carbocycles. The topological polar surface area (TPSA) is 35.5 Å². The van der Waals surface area contributed by atoms with Crippen LogP contribution >= 0.6 is 0 Å². The number of benzene rings is 1. The maximum Gasteiger partial charge on any atom is 0.416 e. The zero-order chi connectivity index (χ0) is 16.6. The fourth-order valence-corrected chi connectivity index (χ4v) is 3.28. The SMILES string of the molecule is Oc1c(F)ccc(C(F)(F)F)c1[C@@H](CC1CC1)N1CCNCC1. The lowest BCUT2D eigenvalue weighted by atomic mass is 9.92. The summed E-state index contributed by atoms with van der Waals surface area (Å²) in [5, 5.41) is 13.2. The van der Waals surface area contributed by atoms with E-state index < -0.39 is 29.3 Å². The number of alkyl halides is 3. The molecule has 1 saturated heterocycles. The number of phenolic OH excluding ortho intramolecular Hbond substituents is 1. The molecule has 1 aliphatic carbocycles. The zero-order valence-corrected chi connectivity index (χ0v) is 12.7. The minimum absolute atomic E-state index is 0.300. The van der Waals surface area contributed by atoms with Gasteiger partial charge in [-0.15, -0.1) is 0 Å². The zero-order valence-electron chi connectivity index (χ0n) is 12.7. The van der Waals surface area contributed by atoms with Crippen LogP contribution in [-0.2, 0) is 6.18 Å². The molecule has 0 unspecified atom stereocenters. The first-order valence-corrected chi connectivity index (χ1v) is 7.91. The molecular weight excluding hydrogens is 312 g/mol. The molecule has 1 atom stereocenters. The molecule has 3 rings (SSSR count). The van der Waals surface area contributed by atoms with E-state index in [1.807, 2.05) is 4.90 Å². The summed E-state index contributed by atoms with van der Waals surface area (Å²) in [6, 6.07) is 0.831. The molecule has 0 radical (unpaired) electrons. The van der Waals surface area contributed by atoms with E-state index in [0.29, 0.717) is 44.6 Å².